The highest BCUT2D eigenvalue weighted by molar-refractivity contribution is 5.79. The Hall–Kier alpha value is -1.63. The van der Waals surface area contributed by atoms with Gasteiger partial charge in [0.1, 0.15) is 0 Å². The lowest BCUT2D eigenvalue weighted by Crippen LogP contribution is -2.43. The van der Waals surface area contributed by atoms with Crippen molar-refractivity contribution in [3.8, 4) is 0 Å². The smallest absolute Gasteiger partial charge is 0.191 e. The van der Waals surface area contributed by atoms with Crippen molar-refractivity contribution in [3.05, 3.63) is 35.9 Å². The van der Waals surface area contributed by atoms with Crippen LogP contribution in [0.25, 0.3) is 0 Å². The van der Waals surface area contributed by atoms with E-state index in [9.17, 15) is 0 Å². The molecule has 1 aromatic rings. The number of hydrogen-bond donors (Lipinski definition) is 2. The minimum atomic E-state index is 0.373. The zero-order chi connectivity index (χ0) is 19.4. The fraction of sp³-hybridized carbons (Fsp3) is 0.682. The van der Waals surface area contributed by atoms with Gasteiger partial charge in [-0.3, -0.25) is 9.89 Å². The maximum atomic E-state index is 5.93. The minimum absolute atomic E-state index is 0.373. The number of rotatable bonds is 9. The topological polar surface area (TPSA) is 58.1 Å². The monoisotopic (exact) mass is 388 g/mol. The second-order valence-electron chi connectivity index (χ2n) is 7.59. The number of ether oxygens (including phenoxy) is 2. The summed E-state index contributed by atoms with van der Waals surface area (Å²) in [5.41, 5.74) is 1.37. The molecule has 6 nitrogen and oxygen atoms in total. The molecule has 0 spiro atoms. The largest absolute Gasteiger partial charge is 0.381 e. The SMILES string of the molecule is CN=C(NCCCOC1CCOCC1)NCC(c1ccccc1)N1CCCC1. The van der Waals surface area contributed by atoms with Crippen molar-refractivity contribution in [2.24, 2.45) is 4.99 Å². The van der Waals surface area contributed by atoms with Crippen LogP contribution in [0.4, 0.5) is 0 Å². The van der Waals surface area contributed by atoms with Crippen LogP contribution in [0.2, 0.25) is 0 Å². The molecular formula is C22H36N4O2. The lowest BCUT2D eigenvalue weighted by Gasteiger charge is -2.29. The number of nitrogens with one attached hydrogen (secondary N) is 2. The van der Waals surface area contributed by atoms with Crippen molar-refractivity contribution in [1.82, 2.24) is 15.5 Å². The molecule has 28 heavy (non-hydrogen) atoms. The molecule has 0 aliphatic carbocycles. The third-order valence-electron chi connectivity index (χ3n) is 5.59. The standard InChI is InChI=1S/C22H36N4O2/c1-23-22(24-12-7-15-28-20-10-16-27-17-11-20)25-18-21(26-13-5-6-14-26)19-8-3-2-4-9-19/h2-4,8-9,20-21H,5-7,10-18H2,1H3,(H2,23,24,25). The van der Waals surface area contributed by atoms with Crippen LogP contribution in [0.1, 0.15) is 43.7 Å². The molecule has 0 saturated carbocycles. The van der Waals surface area contributed by atoms with E-state index in [1.807, 2.05) is 7.05 Å². The van der Waals surface area contributed by atoms with Gasteiger partial charge in [0.05, 0.1) is 12.1 Å². The number of nitrogens with zero attached hydrogens (tertiary/aromatic N) is 2. The van der Waals surface area contributed by atoms with Gasteiger partial charge < -0.3 is 20.1 Å². The van der Waals surface area contributed by atoms with Crippen molar-refractivity contribution in [2.75, 3.05) is 53.0 Å². The Bertz CT molecular complexity index is 569. The number of hydrogen-bond acceptors (Lipinski definition) is 4. The van der Waals surface area contributed by atoms with Crippen LogP contribution >= 0.6 is 0 Å². The van der Waals surface area contributed by atoms with Crippen LogP contribution in [-0.4, -0.2) is 70.0 Å². The van der Waals surface area contributed by atoms with Crippen LogP contribution < -0.4 is 10.6 Å². The van der Waals surface area contributed by atoms with Crippen molar-refractivity contribution < 1.29 is 9.47 Å². The second-order valence-corrected chi connectivity index (χ2v) is 7.59. The summed E-state index contributed by atoms with van der Waals surface area (Å²) < 4.78 is 11.3. The number of likely N-dealkylation sites (tertiary alicyclic amines) is 1. The first kappa shape index (κ1) is 21.1. The average Bonchev–Trinajstić information content (AvgIpc) is 3.28. The van der Waals surface area contributed by atoms with E-state index in [1.165, 1.54) is 31.5 Å². The maximum Gasteiger partial charge on any atom is 0.191 e. The molecule has 2 aliphatic heterocycles. The van der Waals surface area contributed by atoms with Crippen molar-refractivity contribution in [3.63, 3.8) is 0 Å². The third-order valence-corrected chi connectivity index (χ3v) is 5.59. The van der Waals surface area contributed by atoms with Gasteiger partial charge in [-0.2, -0.15) is 0 Å². The van der Waals surface area contributed by atoms with Gasteiger partial charge in [-0.15, -0.1) is 0 Å². The highest BCUT2D eigenvalue weighted by atomic mass is 16.5. The maximum absolute atomic E-state index is 5.93. The van der Waals surface area contributed by atoms with Crippen molar-refractivity contribution in [1.29, 1.82) is 0 Å². The molecule has 1 atom stereocenters. The van der Waals surface area contributed by atoms with Gasteiger partial charge in [0, 0.05) is 40.0 Å². The molecule has 2 heterocycles. The average molecular weight is 389 g/mol. The molecule has 0 radical (unpaired) electrons. The molecule has 2 fully saturated rings. The summed E-state index contributed by atoms with van der Waals surface area (Å²) >= 11 is 0. The fourth-order valence-electron chi connectivity index (χ4n) is 3.97. The van der Waals surface area contributed by atoms with Gasteiger partial charge in [0.2, 0.25) is 0 Å². The highest BCUT2D eigenvalue weighted by Gasteiger charge is 2.23. The third kappa shape index (κ3) is 6.76. The molecule has 2 saturated heterocycles. The van der Waals surface area contributed by atoms with Crippen LogP contribution in [0.3, 0.4) is 0 Å². The first-order chi connectivity index (χ1) is 13.9. The van der Waals surface area contributed by atoms with E-state index in [4.69, 9.17) is 9.47 Å². The molecule has 2 N–H and O–H groups in total. The summed E-state index contributed by atoms with van der Waals surface area (Å²) in [5.74, 6) is 0.867. The molecule has 156 valence electrons. The molecular weight excluding hydrogens is 352 g/mol. The first-order valence-corrected chi connectivity index (χ1v) is 10.8. The summed E-state index contributed by atoms with van der Waals surface area (Å²) in [6.45, 7) is 6.53. The Balaban J connectivity index is 1.39. The zero-order valence-corrected chi connectivity index (χ0v) is 17.2. The van der Waals surface area contributed by atoms with Crippen LogP contribution in [0.5, 0.6) is 0 Å². The Morgan fingerprint density at radius 1 is 1.18 bits per heavy atom. The van der Waals surface area contributed by atoms with E-state index in [-0.39, 0.29) is 0 Å². The van der Waals surface area contributed by atoms with E-state index in [0.29, 0.717) is 12.1 Å². The summed E-state index contributed by atoms with van der Waals surface area (Å²) in [5, 5.41) is 6.95. The normalized spacial score (nSPS) is 20.2. The number of guanidine groups is 1. The number of aliphatic imine (C=N–C) groups is 1. The van der Waals surface area contributed by atoms with Gasteiger partial charge in [-0.05, 0) is 50.8 Å². The quantitative estimate of drug-likeness (QED) is 0.387. The van der Waals surface area contributed by atoms with Crippen molar-refractivity contribution in [2.45, 2.75) is 44.2 Å². The molecule has 1 unspecified atom stereocenters. The predicted octanol–water partition coefficient (Wildman–Crippen LogP) is 2.57. The van der Waals surface area contributed by atoms with E-state index >= 15 is 0 Å². The molecule has 2 aliphatic rings. The van der Waals surface area contributed by atoms with Gasteiger partial charge >= 0.3 is 0 Å². The Labute approximate surface area is 169 Å². The summed E-state index contributed by atoms with van der Waals surface area (Å²) in [7, 11) is 1.83. The summed E-state index contributed by atoms with van der Waals surface area (Å²) in [6.07, 6.45) is 5.99. The molecule has 3 rings (SSSR count). The molecule has 1 aromatic carbocycles. The summed E-state index contributed by atoms with van der Waals surface area (Å²) in [4.78, 5) is 6.97. The highest BCUT2D eigenvalue weighted by Crippen LogP contribution is 2.24. The molecule has 6 heteroatoms. The van der Waals surface area contributed by atoms with Crippen LogP contribution in [0.15, 0.2) is 35.3 Å². The Morgan fingerprint density at radius 2 is 1.93 bits per heavy atom. The number of benzene rings is 1. The van der Waals surface area contributed by atoms with E-state index in [1.54, 1.807) is 0 Å². The lowest BCUT2D eigenvalue weighted by atomic mass is 10.1. The fourth-order valence-corrected chi connectivity index (χ4v) is 3.97. The first-order valence-electron chi connectivity index (χ1n) is 10.8. The second kappa shape index (κ2) is 12.0. The lowest BCUT2D eigenvalue weighted by molar-refractivity contribution is -0.0320. The van der Waals surface area contributed by atoms with Gasteiger partial charge in [-0.25, -0.2) is 0 Å². The van der Waals surface area contributed by atoms with E-state index in [0.717, 1.165) is 58.1 Å². The Kier molecular flexibility index (Phi) is 9.07. The predicted molar refractivity (Wildman–Crippen MR) is 114 cm³/mol. The van der Waals surface area contributed by atoms with E-state index in [2.05, 4.69) is 50.9 Å². The van der Waals surface area contributed by atoms with Crippen molar-refractivity contribution >= 4 is 5.96 Å². The van der Waals surface area contributed by atoms with Gasteiger partial charge in [0.15, 0.2) is 5.96 Å². The molecule has 0 aromatic heterocycles. The van der Waals surface area contributed by atoms with Crippen LogP contribution in [0, 0.1) is 0 Å². The van der Waals surface area contributed by atoms with E-state index < -0.39 is 0 Å². The zero-order valence-electron chi connectivity index (χ0n) is 17.2. The molecule has 0 amide bonds. The summed E-state index contributed by atoms with van der Waals surface area (Å²) in [6, 6.07) is 11.2. The van der Waals surface area contributed by atoms with Crippen LogP contribution in [-0.2, 0) is 9.47 Å². The Morgan fingerprint density at radius 3 is 2.64 bits per heavy atom. The minimum Gasteiger partial charge on any atom is -0.381 e. The molecule has 0 bridgehead atoms. The van der Waals surface area contributed by atoms with Gasteiger partial charge in [-0.1, -0.05) is 30.3 Å². The van der Waals surface area contributed by atoms with Gasteiger partial charge in [0.25, 0.3) is 0 Å².